The van der Waals surface area contributed by atoms with Crippen LogP contribution in [0, 0.1) is 6.92 Å². The Bertz CT molecular complexity index is 2120. The third-order valence-corrected chi connectivity index (χ3v) is 9.30. The molecule has 0 N–H and O–H groups in total. The summed E-state index contributed by atoms with van der Waals surface area (Å²) in [5, 5.41) is 0. The van der Waals surface area contributed by atoms with Crippen LogP contribution < -0.4 is 33.8 Å². The number of methoxy groups -OCH3 is 2. The zero-order chi connectivity index (χ0) is 35.9. The number of nitrogens with zero attached hydrogens (tertiary/aromatic N) is 2. The number of aryl methyl sites for hydroxylation is 1. The Morgan fingerprint density at radius 3 is 2.38 bits per heavy atom. The average Bonchev–Trinajstić information content (AvgIpc) is 3.40. The molecular formula is C37H37BrN2O9S. The molecule has 13 heteroatoms. The quantitative estimate of drug-likeness (QED) is 0.165. The maximum absolute atomic E-state index is 14.2. The van der Waals surface area contributed by atoms with Crippen molar-refractivity contribution in [1.29, 1.82) is 0 Å². The molecule has 1 aliphatic rings. The molecule has 50 heavy (non-hydrogen) atoms. The van der Waals surface area contributed by atoms with Crippen molar-refractivity contribution in [3.8, 4) is 23.0 Å². The van der Waals surface area contributed by atoms with Crippen molar-refractivity contribution in [2.75, 3.05) is 34.0 Å². The number of rotatable bonds is 13. The summed E-state index contributed by atoms with van der Waals surface area (Å²) < 4.78 is 35.9. The Morgan fingerprint density at radius 2 is 1.70 bits per heavy atom. The lowest BCUT2D eigenvalue weighted by molar-refractivity contribution is -0.143. The summed E-state index contributed by atoms with van der Waals surface area (Å²) in [4.78, 5) is 44.5. The van der Waals surface area contributed by atoms with E-state index < -0.39 is 18.0 Å². The highest BCUT2D eigenvalue weighted by molar-refractivity contribution is 9.10. The van der Waals surface area contributed by atoms with Crippen molar-refractivity contribution in [2.24, 2.45) is 4.99 Å². The summed E-state index contributed by atoms with van der Waals surface area (Å²) in [6.07, 6.45) is 1.75. The zero-order valence-electron chi connectivity index (χ0n) is 28.5. The lowest BCUT2D eigenvalue weighted by atomic mass is 9.95. The van der Waals surface area contributed by atoms with Crippen LogP contribution in [0.5, 0.6) is 23.0 Å². The van der Waals surface area contributed by atoms with Gasteiger partial charge in [0, 0.05) is 0 Å². The van der Waals surface area contributed by atoms with Crippen molar-refractivity contribution in [3.05, 3.63) is 112 Å². The Morgan fingerprint density at radius 1 is 0.940 bits per heavy atom. The standard InChI is InChI=1S/C37H37BrN2O9S/c1-7-46-28-18-25(13-14-27(28)48-20-31(41)45-6)33-32(36(43)47-8-2)22(4)39-37-40(33)35(42)30(50-37)17-24-15-26(38)34(29(16-24)44-5)49-19-23-11-9-21(3)10-12-23/h9-18,33H,7-8,19-20H2,1-6H3/b30-17-/t33-/m0/s1. The molecule has 0 unspecified atom stereocenters. The second-order valence-electron chi connectivity index (χ2n) is 11.1. The van der Waals surface area contributed by atoms with Crippen LogP contribution in [-0.4, -0.2) is 50.5 Å². The number of esters is 2. The van der Waals surface area contributed by atoms with E-state index in [1.54, 1.807) is 51.3 Å². The molecule has 4 aromatic rings. The van der Waals surface area contributed by atoms with E-state index in [0.717, 1.165) is 11.1 Å². The fraction of sp³-hybridized carbons (Fsp3) is 0.297. The number of aromatic nitrogens is 1. The summed E-state index contributed by atoms with van der Waals surface area (Å²) in [6, 6.07) is 15.9. The van der Waals surface area contributed by atoms with Crippen molar-refractivity contribution >= 4 is 45.3 Å². The number of thiazole rings is 1. The van der Waals surface area contributed by atoms with Gasteiger partial charge in [-0.05, 0) is 90.7 Å². The third kappa shape index (κ3) is 7.95. The van der Waals surface area contributed by atoms with Crippen molar-refractivity contribution in [3.63, 3.8) is 0 Å². The molecule has 3 aromatic carbocycles. The van der Waals surface area contributed by atoms with Crippen LogP contribution >= 0.6 is 27.3 Å². The van der Waals surface area contributed by atoms with Gasteiger partial charge in [0.15, 0.2) is 34.4 Å². The first-order chi connectivity index (χ1) is 24.1. The van der Waals surface area contributed by atoms with Crippen LogP contribution in [0.4, 0.5) is 0 Å². The van der Waals surface area contributed by atoms with Crippen LogP contribution in [0.3, 0.4) is 0 Å². The third-order valence-electron chi connectivity index (χ3n) is 7.73. The van der Waals surface area contributed by atoms with E-state index in [0.29, 0.717) is 66.8 Å². The molecule has 1 aromatic heterocycles. The number of ether oxygens (including phenoxy) is 6. The predicted octanol–water partition coefficient (Wildman–Crippen LogP) is 5.41. The van der Waals surface area contributed by atoms with Crippen molar-refractivity contribution in [1.82, 2.24) is 4.57 Å². The summed E-state index contributed by atoms with van der Waals surface area (Å²) in [7, 11) is 2.83. The summed E-state index contributed by atoms with van der Waals surface area (Å²) in [6.45, 7) is 7.73. The largest absolute Gasteiger partial charge is 0.493 e. The van der Waals surface area contributed by atoms with Gasteiger partial charge < -0.3 is 28.4 Å². The SMILES string of the molecule is CCOC(=O)C1=C(C)N=c2s/c(=C\c3cc(Br)c(OCc4ccc(C)cc4)c(OC)c3)c(=O)n2[C@H]1c1ccc(OCC(=O)OC)c(OCC)c1. The minimum atomic E-state index is -0.889. The second-order valence-corrected chi connectivity index (χ2v) is 13.0. The first kappa shape index (κ1) is 36.4. The Labute approximate surface area is 301 Å². The summed E-state index contributed by atoms with van der Waals surface area (Å²) >= 11 is 4.82. The first-order valence-electron chi connectivity index (χ1n) is 15.8. The number of carbonyl (C=O) groups is 2. The van der Waals surface area contributed by atoms with E-state index in [1.165, 1.54) is 23.0 Å². The van der Waals surface area contributed by atoms with Gasteiger partial charge >= 0.3 is 11.9 Å². The lowest BCUT2D eigenvalue weighted by Crippen LogP contribution is -2.40. The molecule has 0 aliphatic carbocycles. The van der Waals surface area contributed by atoms with E-state index in [1.807, 2.05) is 44.2 Å². The number of allylic oxidation sites excluding steroid dienone is 1. The average molecular weight is 766 g/mol. The zero-order valence-corrected chi connectivity index (χ0v) is 30.9. The summed E-state index contributed by atoms with van der Waals surface area (Å²) in [5.41, 5.74) is 3.70. The highest BCUT2D eigenvalue weighted by Gasteiger charge is 2.34. The number of carbonyl (C=O) groups excluding carboxylic acids is 2. The Balaban J connectivity index is 1.58. The molecule has 0 amide bonds. The topological polar surface area (TPSA) is 124 Å². The number of halogens is 1. The number of benzene rings is 3. The van der Waals surface area contributed by atoms with Gasteiger partial charge in [0.05, 0.1) is 53.8 Å². The van der Waals surface area contributed by atoms with Gasteiger partial charge in [0.2, 0.25) is 0 Å². The smallest absolute Gasteiger partial charge is 0.343 e. The van der Waals surface area contributed by atoms with E-state index >= 15 is 0 Å². The van der Waals surface area contributed by atoms with Gasteiger partial charge in [-0.25, -0.2) is 14.6 Å². The highest BCUT2D eigenvalue weighted by atomic mass is 79.9. The first-order valence-corrected chi connectivity index (χ1v) is 17.4. The Kier molecular flexibility index (Phi) is 11.8. The molecule has 11 nitrogen and oxygen atoms in total. The van der Waals surface area contributed by atoms with Gasteiger partial charge in [0.1, 0.15) is 6.61 Å². The second kappa shape index (κ2) is 16.2. The lowest BCUT2D eigenvalue weighted by Gasteiger charge is -2.25. The van der Waals surface area contributed by atoms with Crippen molar-refractivity contribution in [2.45, 2.75) is 40.3 Å². The molecule has 0 bridgehead atoms. The summed E-state index contributed by atoms with van der Waals surface area (Å²) in [5.74, 6) is 0.508. The molecule has 1 aliphatic heterocycles. The molecular weight excluding hydrogens is 728 g/mol. The molecule has 5 rings (SSSR count). The molecule has 2 heterocycles. The molecule has 0 fully saturated rings. The van der Waals surface area contributed by atoms with Crippen LogP contribution in [-0.2, 0) is 25.7 Å². The molecule has 0 spiro atoms. The highest BCUT2D eigenvalue weighted by Crippen LogP contribution is 2.38. The molecule has 1 atom stereocenters. The number of fused-ring (bicyclic) bond motifs is 1. The van der Waals surface area contributed by atoms with Crippen LogP contribution in [0.15, 0.2) is 80.1 Å². The normalized spacial score (nSPS) is 14.1. The van der Waals surface area contributed by atoms with E-state index in [-0.39, 0.29) is 24.3 Å². The van der Waals surface area contributed by atoms with Crippen molar-refractivity contribution < 1.29 is 38.0 Å². The fourth-order valence-corrected chi connectivity index (χ4v) is 6.96. The van der Waals surface area contributed by atoms with Gasteiger partial charge in [-0.3, -0.25) is 9.36 Å². The predicted molar refractivity (Wildman–Crippen MR) is 192 cm³/mol. The molecule has 0 saturated carbocycles. The number of hydrogen-bond donors (Lipinski definition) is 0. The fourth-order valence-electron chi connectivity index (χ4n) is 5.34. The van der Waals surface area contributed by atoms with E-state index in [2.05, 4.69) is 20.9 Å². The van der Waals surface area contributed by atoms with Gasteiger partial charge in [-0.15, -0.1) is 0 Å². The van der Waals surface area contributed by atoms with Gasteiger partial charge in [-0.2, -0.15) is 0 Å². The molecule has 0 radical (unpaired) electrons. The van der Waals surface area contributed by atoms with E-state index in [9.17, 15) is 14.4 Å². The maximum Gasteiger partial charge on any atom is 0.343 e. The number of hydrogen-bond acceptors (Lipinski definition) is 11. The molecule has 0 saturated heterocycles. The van der Waals surface area contributed by atoms with Crippen LogP contribution in [0.25, 0.3) is 6.08 Å². The van der Waals surface area contributed by atoms with E-state index in [4.69, 9.17) is 28.4 Å². The minimum absolute atomic E-state index is 0.138. The van der Waals surface area contributed by atoms with Gasteiger partial charge in [0.25, 0.3) is 5.56 Å². The Hall–Kier alpha value is -4.88. The monoisotopic (exact) mass is 764 g/mol. The molecule has 262 valence electrons. The van der Waals surface area contributed by atoms with Crippen LogP contribution in [0.1, 0.15) is 49.1 Å². The minimum Gasteiger partial charge on any atom is -0.493 e. The van der Waals surface area contributed by atoms with Gasteiger partial charge in [-0.1, -0.05) is 47.2 Å². The maximum atomic E-state index is 14.2. The van der Waals surface area contributed by atoms with Crippen LogP contribution in [0.2, 0.25) is 0 Å².